The zero-order valence-electron chi connectivity index (χ0n) is 14.1. The molecule has 0 aliphatic carbocycles. The van der Waals surface area contributed by atoms with Gasteiger partial charge in [0.2, 0.25) is 10.2 Å². The number of rotatable bonds is 6. The van der Waals surface area contributed by atoms with Gasteiger partial charge in [-0.05, 0) is 11.1 Å². The van der Waals surface area contributed by atoms with Crippen LogP contribution in [-0.2, 0) is 11.5 Å². The van der Waals surface area contributed by atoms with Crippen molar-refractivity contribution in [3.63, 3.8) is 0 Å². The molecule has 0 aliphatic rings. The molecule has 2 nitrogen and oxygen atoms in total. The van der Waals surface area contributed by atoms with Crippen molar-refractivity contribution in [1.82, 2.24) is 0 Å². The molecule has 130 valence electrons. The third kappa shape index (κ3) is 5.35. The maximum Gasteiger partial charge on any atom is 0.219 e. The molecule has 0 atom stereocenters. The fraction of sp³-hybridized carbons (Fsp3) is 0.0909. The van der Waals surface area contributed by atoms with E-state index in [-0.39, 0.29) is 10.2 Å². The van der Waals surface area contributed by atoms with E-state index in [1.807, 2.05) is 78.9 Å². The molecule has 0 spiro atoms. The van der Waals surface area contributed by atoms with Crippen molar-refractivity contribution in [2.75, 3.05) is 0 Å². The lowest BCUT2D eigenvalue weighted by Gasteiger charge is -2.05. The largest absolute Gasteiger partial charge is 0.282 e. The van der Waals surface area contributed by atoms with Crippen molar-refractivity contribution in [3.8, 4) is 0 Å². The van der Waals surface area contributed by atoms with Gasteiger partial charge >= 0.3 is 0 Å². The van der Waals surface area contributed by atoms with E-state index in [0.717, 1.165) is 22.3 Å². The lowest BCUT2D eigenvalue weighted by Crippen LogP contribution is -1.95. The second-order valence-corrected chi connectivity index (χ2v) is 7.60. The molecule has 0 heterocycles. The van der Waals surface area contributed by atoms with E-state index in [0.29, 0.717) is 11.5 Å². The summed E-state index contributed by atoms with van der Waals surface area (Å²) in [6.45, 7) is 0. The van der Waals surface area contributed by atoms with Gasteiger partial charge in [-0.3, -0.25) is 9.59 Å². The Balaban J connectivity index is 1.55. The third-order valence-corrected chi connectivity index (χ3v) is 5.70. The first-order chi connectivity index (χ1) is 12.7. The van der Waals surface area contributed by atoms with Gasteiger partial charge in [0.15, 0.2) is 0 Å². The van der Waals surface area contributed by atoms with Crippen molar-refractivity contribution in [2.24, 2.45) is 0 Å². The molecule has 0 aromatic heterocycles. The SMILES string of the molecule is O=C(SCc1cccc(CSC(=O)c2ccccc2)c1)c1ccccc1. The Hall–Kier alpha value is -2.30. The first kappa shape index (κ1) is 18.5. The van der Waals surface area contributed by atoms with Crippen LogP contribution in [0.3, 0.4) is 0 Å². The first-order valence-electron chi connectivity index (χ1n) is 8.24. The van der Waals surface area contributed by atoms with E-state index in [4.69, 9.17) is 0 Å². The van der Waals surface area contributed by atoms with Crippen LogP contribution in [0.1, 0.15) is 31.8 Å². The molecule has 0 amide bonds. The van der Waals surface area contributed by atoms with Crippen molar-refractivity contribution < 1.29 is 9.59 Å². The summed E-state index contributed by atoms with van der Waals surface area (Å²) in [6.07, 6.45) is 0. The molecule has 3 aromatic rings. The van der Waals surface area contributed by atoms with E-state index in [1.165, 1.54) is 23.5 Å². The number of benzene rings is 3. The Morgan fingerprint density at radius 3 is 1.42 bits per heavy atom. The van der Waals surface area contributed by atoms with Crippen LogP contribution in [0.25, 0.3) is 0 Å². The number of hydrogen-bond donors (Lipinski definition) is 0. The Morgan fingerprint density at radius 2 is 1.00 bits per heavy atom. The Kier molecular flexibility index (Phi) is 6.69. The molecule has 0 bridgehead atoms. The standard InChI is InChI=1S/C22H18O2S2/c23-21(19-10-3-1-4-11-19)25-15-17-8-7-9-18(14-17)16-26-22(24)20-12-5-2-6-13-20/h1-14H,15-16H2. The maximum absolute atomic E-state index is 12.2. The molecule has 0 saturated carbocycles. The average molecular weight is 379 g/mol. The Bertz CT molecular complexity index is 806. The molecular weight excluding hydrogens is 360 g/mol. The summed E-state index contributed by atoms with van der Waals surface area (Å²) in [4.78, 5) is 24.4. The van der Waals surface area contributed by atoms with Crippen molar-refractivity contribution in [1.29, 1.82) is 0 Å². The highest BCUT2D eigenvalue weighted by atomic mass is 32.2. The Labute approximate surface area is 162 Å². The predicted octanol–water partition coefficient (Wildman–Crippen LogP) is 5.83. The van der Waals surface area contributed by atoms with Gasteiger partial charge in [-0.25, -0.2) is 0 Å². The van der Waals surface area contributed by atoms with Gasteiger partial charge in [0.1, 0.15) is 0 Å². The summed E-state index contributed by atoms with van der Waals surface area (Å²) in [5, 5.41) is 0.147. The minimum Gasteiger partial charge on any atom is -0.282 e. The maximum atomic E-state index is 12.2. The minimum absolute atomic E-state index is 0.0737. The number of carbonyl (C=O) groups is 2. The highest BCUT2D eigenvalue weighted by molar-refractivity contribution is 8.13. The lowest BCUT2D eigenvalue weighted by atomic mass is 10.2. The molecule has 0 fully saturated rings. The third-order valence-electron chi connectivity index (χ3n) is 3.75. The average Bonchev–Trinajstić information content (AvgIpc) is 2.72. The topological polar surface area (TPSA) is 34.1 Å². The van der Waals surface area contributed by atoms with Gasteiger partial charge in [-0.2, -0.15) is 0 Å². The van der Waals surface area contributed by atoms with Crippen molar-refractivity contribution in [3.05, 3.63) is 107 Å². The first-order valence-corrected chi connectivity index (χ1v) is 10.2. The molecule has 0 unspecified atom stereocenters. The van der Waals surface area contributed by atoms with Crippen molar-refractivity contribution in [2.45, 2.75) is 11.5 Å². The molecule has 26 heavy (non-hydrogen) atoms. The fourth-order valence-electron chi connectivity index (χ4n) is 2.42. The summed E-state index contributed by atoms with van der Waals surface area (Å²) in [5.74, 6) is 1.25. The minimum atomic E-state index is 0.0737. The van der Waals surface area contributed by atoms with Gasteiger partial charge < -0.3 is 0 Å². The highest BCUT2D eigenvalue weighted by Crippen LogP contribution is 2.22. The monoisotopic (exact) mass is 378 g/mol. The van der Waals surface area contributed by atoms with E-state index >= 15 is 0 Å². The van der Waals surface area contributed by atoms with E-state index in [2.05, 4.69) is 6.07 Å². The smallest absolute Gasteiger partial charge is 0.219 e. The van der Waals surface area contributed by atoms with Gasteiger partial charge in [0.25, 0.3) is 0 Å². The van der Waals surface area contributed by atoms with Crippen LogP contribution in [0.4, 0.5) is 0 Å². The molecule has 0 N–H and O–H groups in total. The van der Waals surface area contributed by atoms with E-state index in [9.17, 15) is 9.59 Å². The molecule has 3 aromatic carbocycles. The van der Waals surface area contributed by atoms with Crippen LogP contribution in [0, 0.1) is 0 Å². The van der Waals surface area contributed by atoms with E-state index < -0.39 is 0 Å². The molecule has 0 radical (unpaired) electrons. The number of carbonyl (C=O) groups excluding carboxylic acids is 2. The lowest BCUT2D eigenvalue weighted by molar-refractivity contribution is 0.108. The number of hydrogen-bond acceptors (Lipinski definition) is 4. The van der Waals surface area contributed by atoms with Crippen LogP contribution in [0.5, 0.6) is 0 Å². The summed E-state index contributed by atoms with van der Waals surface area (Å²) in [5.41, 5.74) is 3.62. The van der Waals surface area contributed by atoms with Crippen LogP contribution in [-0.4, -0.2) is 10.2 Å². The number of thioether (sulfide) groups is 2. The second kappa shape index (κ2) is 9.41. The van der Waals surface area contributed by atoms with E-state index in [1.54, 1.807) is 0 Å². The molecule has 0 saturated heterocycles. The second-order valence-electron chi connectivity index (χ2n) is 5.70. The van der Waals surface area contributed by atoms with Crippen molar-refractivity contribution >= 4 is 33.8 Å². The Morgan fingerprint density at radius 1 is 0.577 bits per heavy atom. The highest BCUT2D eigenvalue weighted by Gasteiger charge is 2.08. The summed E-state index contributed by atoms with van der Waals surface area (Å²) in [7, 11) is 0. The van der Waals surface area contributed by atoms with Crippen LogP contribution in [0.15, 0.2) is 84.9 Å². The molecule has 0 aliphatic heterocycles. The molecular formula is C22H18O2S2. The summed E-state index contributed by atoms with van der Waals surface area (Å²) < 4.78 is 0. The van der Waals surface area contributed by atoms with Gasteiger partial charge in [-0.15, -0.1) is 0 Å². The van der Waals surface area contributed by atoms with Gasteiger partial charge in [-0.1, -0.05) is 108 Å². The molecule has 4 heteroatoms. The van der Waals surface area contributed by atoms with Crippen LogP contribution < -0.4 is 0 Å². The molecule has 3 rings (SSSR count). The summed E-state index contributed by atoms with van der Waals surface area (Å²) >= 11 is 2.60. The van der Waals surface area contributed by atoms with Gasteiger partial charge in [0, 0.05) is 22.6 Å². The summed E-state index contributed by atoms with van der Waals surface area (Å²) in [6, 6.07) is 26.7. The zero-order valence-corrected chi connectivity index (χ0v) is 15.8. The van der Waals surface area contributed by atoms with Crippen LogP contribution >= 0.6 is 23.5 Å². The normalized spacial score (nSPS) is 10.5. The quantitative estimate of drug-likeness (QED) is 0.540. The predicted molar refractivity (Wildman–Crippen MR) is 111 cm³/mol. The van der Waals surface area contributed by atoms with Crippen LogP contribution in [0.2, 0.25) is 0 Å². The fourth-order valence-corrected chi connectivity index (χ4v) is 3.98. The van der Waals surface area contributed by atoms with Gasteiger partial charge in [0.05, 0.1) is 0 Å². The zero-order chi connectivity index (χ0) is 18.2.